The molecule has 6 aromatic rings. The molecular formula is C34H26FN5O5. The highest BCUT2D eigenvalue weighted by Gasteiger charge is 2.24. The third-order valence-corrected chi connectivity index (χ3v) is 7.84. The molecule has 0 amide bonds. The molecule has 1 saturated heterocycles. The number of nitrogens with zero attached hydrogens (tertiary/aromatic N) is 5. The van der Waals surface area contributed by atoms with Crippen molar-refractivity contribution in [1.82, 2.24) is 19.5 Å². The van der Waals surface area contributed by atoms with Gasteiger partial charge < -0.3 is 23.2 Å². The van der Waals surface area contributed by atoms with Crippen LogP contribution in [-0.4, -0.2) is 45.3 Å². The van der Waals surface area contributed by atoms with Crippen LogP contribution in [0.4, 0.5) is 10.1 Å². The molecule has 0 unspecified atom stereocenters. The zero-order chi connectivity index (χ0) is 30.9. The van der Waals surface area contributed by atoms with Gasteiger partial charge in [-0.15, -0.1) is 0 Å². The topological polar surface area (TPSA) is 106 Å². The number of furan rings is 1. The van der Waals surface area contributed by atoms with Crippen LogP contribution in [0.15, 0.2) is 77.4 Å². The van der Waals surface area contributed by atoms with Gasteiger partial charge in [0.1, 0.15) is 29.3 Å². The zero-order valence-electron chi connectivity index (χ0n) is 24.2. The Kier molecular flexibility index (Phi) is 7.41. The highest BCUT2D eigenvalue weighted by atomic mass is 19.1. The Morgan fingerprint density at radius 1 is 1.09 bits per heavy atom. The van der Waals surface area contributed by atoms with E-state index in [1.807, 2.05) is 10.6 Å². The molecule has 0 spiro atoms. The van der Waals surface area contributed by atoms with Crippen molar-refractivity contribution < 1.29 is 27.8 Å². The summed E-state index contributed by atoms with van der Waals surface area (Å²) in [5.41, 5.74) is 4.81. The van der Waals surface area contributed by atoms with Gasteiger partial charge in [-0.05, 0) is 42.3 Å². The van der Waals surface area contributed by atoms with E-state index in [9.17, 15) is 4.79 Å². The average Bonchev–Trinajstić information content (AvgIpc) is 3.67. The molecule has 7 rings (SSSR count). The van der Waals surface area contributed by atoms with Gasteiger partial charge in [-0.2, -0.15) is 0 Å². The fourth-order valence-corrected chi connectivity index (χ4v) is 5.37. The van der Waals surface area contributed by atoms with Crippen LogP contribution in [-0.2, 0) is 29.0 Å². The van der Waals surface area contributed by atoms with Crippen molar-refractivity contribution in [3.63, 3.8) is 0 Å². The molecule has 0 bridgehead atoms. The van der Waals surface area contributed by atoms with E-state index in [1.54, 1.807) is 60.9 Å². The molecule has 1 aliphatic heterocycles. The summed E-state index contributed by atoms with van der Waals surface area (Å²) in [6, 6.07) is 18.9. The highest BCUT2D eigenvalue weighted by molar-refractivity contribution is 5.93. The van der Waals surface area contributed by atoms with Crippen LogP contribution in [0.3, 0.4) is 0 Å². The minimum Gasteiger partial charge on any atom is -0.473 e. The number of benzene rings is 2. The summed E-state index contributed by atoms with van der Waals surface area (Å²) in [5.74, 6) is 0.0466. The smallest absolute Gasteiger partial charge is 0.356 e. The first-order valence-electron chi connectivity index (χ1n) is 14.3. The van der Waals surface area contributed by atoms with Crippen LogP contribution in [0.1, 0.15) is 33.9 Å². The van der Waals surface area contributed by atoms with Gasteiger partial charge in [0.2, 0.25) is 5.88 Å². The molecule has 1 fully saturated rings. The molecular weight excluding hydrogens is 577 g/mol. The molecule has 10 nitrogen and oxygen atoms in total. The second-order valence-corrected chi connectivity index (χ2v) is 10.6. The van der Waals surface area contributed by atoms with Crippen molar-refractivity contribution in [2.45, 2.75) is 32.1 Å². The molecule has 0 saturated carbocycles. The predicted molar refractivity (Wildman–Crippen MR) is 162 cm³/mol. The number of methoxy groups -OCH3 is 1. The Bertz CT molecular complexity index is 2110. The lowest BCUT2D eigenvalue weighted by molar-refractivity contribution is -0.0590. The van der Waals surface area contributed by atoms with Gasteiger partial charge in [0, 0.05) is 35.6 Å². The number of rotatable bonds is 9. The van der Waals surface area contributed by atoms with Crippen molar-refractivity contribution in [3.05, 3.63) is 113 Å². The lowest BCUT2D eigenvalue weighted by Gasteiger charge is -2.27. The highest BCUT2D eigenvalue weighted by Crippen LogP contribution is 2.31. The number of hydrogen-bond acceptors (Lipinski definition) is 8. The Hall–Kier alpha value is -5.60. The maximum Gasteiger partial charge on any atom is 0.356 e. The zero-order valence-corrected chi connectivity index (χ0v) is 24.2. The van der Waals surface area contributed by atoms with Crippen molar-refractivity contribution in [2.75, 3.05) is 13.7 Å². The van der Waals surface area contributed by atoms with Crippen LogP contribution < -0.4 is 4.74 Å². The summed E-state index contributed by atoms with van der Waals surface area (Å²) < 4.78 is 39.5. The Morgan fingerprint density at radius 3 is 2.73 bits per heavy atom. The second-order valence-electron chi connectivity index (χ2n) is 10.6. The summed E-state index contributed by atoms with van der Waals surface area (Å²) in [7, 11) is 1.31. The number of pyridine rings is 2. The molecule has 2 aromatic carbocycles. The van der Waals surface area contributed by atoms with Gasteiger partial charge in [0.25, 0.3) is 0 Å². The minimum absolute atomic E-state index is 0.000696. The molecule has 0 N–H and O–H groups in total. The van der Waals surface area contributed by atoms with Gasteiger partial charge in [-0.25, -0.2) is 29.0 Å². The third-order valence-electron chi connectivity index (χ3n) is 7.84. The minimum atomic E-state index is -0.541. The van der Waals surface area contributed by atoms with E-state index < -0.39 is 11.8 Å². The largest absolute Gasteiger partial charge is 0.473 e. The van der Waals surface area contributed by atoms with Gasteiger partial charge in [-0.1, -0.05) is 30.3 Å². The van der Waals surface area contributed by atoms with Crippen molar-refractivity contribution in [3.8, 4) is 17.1 Å². The number of fused-ring (bicyclic) bond motifs is 2. The van der Waals surface area contributed by atoms with Crippen molar-refractivity contribution >= 4 is 33.8 Å². The lowest BCUT2D eigenvalue weighted by atomic mass is 10.1. The van der Waals surface area contributed by atoms with E-state index >= 15 is 4.39 Å². The van der Waals surface area contributed by atoms with E-state index in [0.29, 0.717) is 64.1 Å². The molecule has 5 heterocycles. The second kappa shape index (κ2) is 11.8. The maximum absolute atomic E-state index is 15.6. The van der Waals surface area contributed by atoms with Gasteiger partial charge in [0.15, 0.2) is 17.0 Å². The van der Waals surface area contributed by atoms with E-state index in [0.717, 1.165) is 17.4 Å². The lowest BCUT2D eigenvalue weighted by Crippen LogP contribution is -2.32. The first-order valence-corrected chi connectivity index (χ1v) is 14.3. The maximum atomic E-state index is 15.6. The van der Waals surface area contributed by atoms with Gasteiger partial charge in [-0.3, -0.25) is 0 Å². The number of ether oxygens (including phenoxy) is 3. The number of aromatic nitrogens is 4. The van der Waals surface area contributed by atoms with Crippen LogP contribution in [0, 0.1) is 12.4 Å². The SMILES string of the molecule is [C-]#[N+]c1ccc(COc2cccc(-c3ccc(Cc4nc5ccc(C(=O)OC)nc5n4C[C@@H]4CCO4)c(F)c3)n2)c2occc12. The van der Waals surface area contributed by atoms with E-state index in [2.05, 4.69) is 14.8 Å². The Labute approximate surface area is 256 Å². The Balaban J connectivity index is 1.12. The third kappa shape index (κ3) is 5.47. The molecule has 0 aliphatic carbocycles. The summed E-state index contributed by atoms with van der Waals surface area (Å²) in [6.07, 6.45) is 2.67. The molecule has 4 aromatic heterocycles. The molecule has 1 aliphatic rings. The molecule has 0 radical (unpaired) electrons. The number of imidazole rings is 1. The molecule has 45 heavy (non-hydrogen) atoms. The number of halogens is 1. The van der Waals surface area contributed by atoms with Crippen LogP contribution >= 0.6 is 0 Å². The molecule has 1 atom stereocenters. The van der Waals surface area contributed by atoms with E-state index in [-0.39, 0.29) is 24.8 Å². The van der Waals surface area contributed by atoms with Crippen LogP contribution in [0.2, 0.25) is 0 Å². The summed E-state index contributed by atoms with van der Waals surface area (Å²) in [4.78, 5) is 29.5. The number of hydrogen-bond donors (Lipinski definition) is 0. The summed E-state index contributed by atoms with van der Waals surface area (Å²) >= 11 is 0. The number of carbonyl (C=O) groups excluding carboxylic acids is 1. The summed E-state index contributed by atoms with van der Waals surface area (Å²) in [5, 5.41) is 0.734. The predicted octanol–water partition coefficient (Wildman–Crippen LogP) is 6.67. The fourth-order valence-electron chi connectivity index (χ4n) is 5.37. The van der Waals surface area contributed by atoms with Crippen molar-refractivity contribution in [2.24, 2.45) is 0 Å². The van der Waals surface area contributed by atoms with Crippen LogP contribution in [0.25, 0.3) is 38.2 Å². The molecule has 11 heteroatoms. The standard InChI is InChI=1S/C34H26FN5O5/c1-36-27-9-8-22(32-24(27)13-15-44-32)19-45-31-5-3-4-26(38-31)21-7-6-20(25(35)16-21)17-30-37-28-10-11-29(34(41)42-2)39-33(28)40(30)18-23-12-14-43-23/h3-11,13,15-16,23H,12,14,17-19H2,2H3/t23-/m0/s1. The summed E-state index contributed by atoms with van der Waals surface area (Å²) in [6.45, 7) is 8.72. The van der Waals surface area contributed by atoms with E-state index in [1.165, 1.54) is 13.2 Å². The molecule has 224 valence electrons. The quantitative estimate of drug-likeness (QED) is 0.133. The van der Waals surface area contributed by atoms with Crippen LogP contribution in [0.5, 0.6) is 5.88 Å². The first kappa shape index (κ1) is 28.2. The monoisotopic (exact) mass is 603 g/mol. The fraction of sp³-hybridized carbons (Fsp3) is 0.206. The number of carbonyl (C=O) groups is 1. The van der Waals surface area contributed by atoms with Crippen molar-refractivity contribution in [1.29, 1.82) is 0 Å². The van der Waals surface area contributed by atoms with Gasteiger partial charge in [0.05, 0.1) is 38.3 Å². The first-order chi connectivity index (χ1) is 22.0. The van der Waals surface area contributed by atoms with E-state index in [4.69, 9.17) is 30.2 Å². The Morgan fingerprint density at radius 2 is 1.96 bits per heavy atom. The average molecular weight is 604 g/mol. The van der Waals surface area contributed by atoms with Gasteiger partial charge >= 0.3 is 5.97 Å². The normalized spacial score (nSPS) is 14.3. The number of esters is 1.